The Balaban J connectivity index is 2.18. The fourth-order valence-electron chi connectivity index (χ4n) is 3.03. The molecule has 3 rings (SSSR count). The topological polar surface area (TPSA) is 24.9 Å². The van der Waals surface area contributed by atoms with Crippen LogP contribution < -0.4 is 5.32 Å². The molecular formula is C19H20N2. The van der Waals surface area contributed by atoms with Crippen LogP contribution in [0.25, 0.3) is 10.8 Å². The highest BCUT2D eigenvalue weighted by Gasteiger charge is 2.16. The van der Waals surface area contributed by atoms with E-state index in [0.717, 1.165) is 0 Å². The Morgan fingerprint density at radius 1 is 1.00 bits per heavy atom. The molecule has 0 aliphatic heterocycles. The van der Waals surface area contributed by atoms with Crippen molar-refractivity contribution in [1.29, 1.82) is 0 Å². The molecule has 2 heteroatoms. The van der Waals surface area contributed by atoms with Crippen LogP contribution in [0.15, 0.2) is 54.9 Å². The number of aromatic nitrogens is 1. The summed E-state index contributed by atoms with van der Waals surface area (Å²) in [4.78, 5) is 4.22. The molecule has 21 heavy (non-hydrogen) atoms. The van der Waals surface area contributed by atoms with E-state index < -0.39 is 0 Å². The maximum Gasteiger partial charge on any atom is 0.0583 e. The SMILES string of the molecule is CNC(c1ccc(C)cc1C)c1cccc2cnccc12. The zero-order valence-electron chi connectivity index (χ0n) is 12.7. The third-order valence-corrected chi connectivity index (χ3v) is 4.05. The first-order valence-corrected chi connectivity index (χ1v) is 7.28. The van der Waals surface area contributed by atoms with Gasteiger partial charge in [0.15, 0.2) is 0 Å². The molecule has 2 nitrogen and oxygen atoms in total. The van der Waals surface area contributed by atoms with E-state index in [0.29, 0.717) is 0 Å². The van der Waals surface area contributed by atoms with E-state index in [-0.39, 0.29) is 6.04 Å². The van der Waals surface area contributed by atoms with Gasteiger partial charge < -0.3 is 5.32 Å². The lowest BCUT2D eigenvalue weighted by Gasteiger charge is -2.21. The molecule has 1 aromatic heterocycles. The third-order valence-electron chi connectivity index (χ3n) is 4.05. The first kappa shape index (κ1) is 13.8. The number of nitrogens with one attached hydrogen (secondary N) is 1. The van der Waals surface area contributed by atoms with Crippen molar-refractivity contribution < 1.29 is 0 Å². The van der Waals surface area contributed by atoms with Crippen molar-refractivity contribution in [3.8, 4) is 0 Å². The Hall–Kier alpha value is -2.19. The van der Waals surface area contributed by atoms with Gasteiger partial charge in [0.1, 0.15) is 0 Å². The molecule has 0 saturated heterocycles. The van der Waals surface area contributed by atoms with E-state index >= 15 is 0 Å². The Kier molecular flexibility index (Phi) is 3.72. The maximum absolute atomic E-state index is 4.22. The Bertz CT molecular complexity index is 772. The van der Waals surface area contributed by atoms with Crippen LogP contribution in [0.1, 0.15) is 28.3 Å². The predicted molar refractivity (Wildman–Crippen MR) is 88.6 cm³/mol. The van der Waals surface area contributed by atoms with E-state index in [1.165, 1.54) is 33.0 Å². The summed E-state index contributed by atoms with van der Waals surface area (Å²) < 4.78 is 0. The summed E-state index contributed by atoms with van der Waals surface area (Å²) in [6.07, 6.45) is 3.79. The lowest BCUT2D eigenvalue weighted by atomic mass is 9.91. The van der Waals surface area contributed by atoms with Crippen molar-refractivity contribution in [3.63, 3.8) is 0 Å². The fraction of sp³-hybridized carbons (Fsp3) is 0.211. The summed E-state index contributed by atoms with van der Waals surface area (Å²) in [5.41, 5.74) is 5.24. The van der Waals surface area contributed by atoms with Gasteiger partial charge in [-0.3, -0.25) is 4.98 Å². The number of hydrogen-bond donors (Lipinski definition) is 1. The highest BCUT2D eigenvalue weighted by atomic mass is 14.9. The monoisotopic (exact) mass is 276 g/mol. The molecule has 1 heterocycles. The van der Waals surface area contributed by atoms with Gasteiger partial charge in [-0.05, 0) is 49.0 Å². The highest BCUT2D eigenvalue weighted by molar-refractivity contribution is 5.85. The van der Waals surface area contributed by atoms with Crippen LogP contribution in [0.5, 0.6) is 0 Å². The number of nitrogens with zero attached hydrogens (tertiary/aromatic N) is 1. The van der Waals surface area contributed by atoms with Crippen LogP contribution in [0.2, 0.25) is 0 Å². The number of hydrogen-bond acceptors (Lipinski definition) is 2. The van der Waals surface area contributed by atoms with Gasteiger partial charge >= 0.3 is 0 Å². The molecule has 1 unspecified atom stereocenters. The molecule has 106 valence electrons. The van der Waals surface area contributed by atoms with Crippen LogP contribution in [0, 0.1) is 13.8 Å². The quantitative estimate of drug-likeness (QED) is 0.777. The number of pyridine rings is 1. The van der Waals surface area contributed by atoms with Crippen molar-refractivity contribution >= 4 is 10.8 Å². The van der Waals surface area contributed by atoms with Gasteiger partial charge in [-0.1, -0.05) is 42.0 Å². The van der Waals surface area contributed by atoms with Gasteiger partial charge in [0.2, 0.25) is 0 Å². The Morgan fingerprint density at radius 2 is 1.86 bits per heavy atom. The van der Waals surface area contributed by atoms with Gasteiger partial charge in [-0.15, -0.1) is 0 Å². The first-order valence-electron chi connectivity index (χ1n) is 7.28. The molecule has 2 aromatic carbocycles. The van der Waals surface area contributed by atoms with Gasteiger partial charge in [-0.25, -0.2) is 0 Å². The van der Waals surface area contributed by atoms with Crippen molar-refractivity contribution in [2.75, 3.05) is 7.05 Å². The third kappa shape index (κ3) is 2.55. The molecule has 1 N–H and O–H groups in total. The van der Waals surface area contributed by atoms with Crippen LogP contribution in [0.3, 0.4) is 0 Å². The average Bonchev–Trinajstić information content (AvgIpc) is 2.50. The standard InChI is InChI=1S/C19H20N2/c1-13-7-8-16(14(2)11-13)19(20-3)18-6-4-5-15-12-21-10-9-17(15)18/h4-12,19-20H,1-3H3. The van der Waals surface area contributed by atoms with Crippen LogP contribution in [-0.4, -0.2) is 12.0 Å². The molecular weight excluding hydrogens is 256 g/mol. The minimum absolute atomic E-state index is 0.191. The van der Waals surface area contributed by atoms with Gasteiger partial charge in [0.05, 0.1) is 6.04 Å². The lowest BCUT2D eigenvalue weighted by molar-refractivity contribution is 0.692. The molecule has 0 fully saturated rings. The van der Waals surface area contributed by atoms with Crippen molar-refractivity contribution in [2.24, 2.45) is 0 Å². The molecule has 0 aliphatic rings. The van der Waals surface area contributed by atoms with Gasteiger partial charge in [-0.2, -0.15) is 0 Å². The minimum Gasteiger partial charge on any atom is -0.309 e. The second kappa shape index (κ2) is 5.66. The minimum atomic E-state index is 0.191. The average molecular weight is 276 g/mol. The molecule has 0 bridgehead atoms. The van der Waals surface area contributed by atoms with E-state index in [2.05, 4.69) is 66.6 Å². The summed E-state index contributed by atoms with van der Waals surface area (Å²) in [7, 11) is 2.02. The molecule has 0 aliphatic carbocycles. The largest absolute Gasteiger partial charge is 0.309 e. The van der Waals surface area contributed by atoms with Crippen LogP contribution in [0.4, 0.5) is 0 Å². The summed E-state index contributed by atoms with van der Waals surface area (Å²) in [5.74, 6) is 0. The molecule has 3 aromatic rings. The summed E-state index contributed by atoms with van der Waals surface area (Å²) in [6.45, 7) is 4.31. The highest BCUT2D eigenvalue weighted by Crippen LogP contribution is 2.30. The van der Waals surface area contributed by atoms with Crippen molar-refractivity contribution in [2.45, 2.75) is 19.9 Å². The molecule has 0 radical (unpaired) electrons. The normalized spacial score (nSPS) is 12.5. The van der Waals surface area contributed by atoms with E-state index in [1.54, 1.807) is 0 Å². The van der Waals surface area contributed by atoms with E-state index in [4.69, 9.17) is 0 Å². The van der Waals surface area contributed by atoms with Crippen LogP contribution in [-0.2, 0) is 0 Å². The van der Waals surface area contributed by atoms with Crippen molar-refractivity contribution in [3.05, 3.63) is 77.1 Å². The first-order chi connectivity index (χ1) is 10.2. The Morgan fingerprint density at radius 3 is 2.62 bits per heavy atom. The van der Waals surface area contributed by atoms with Gasteiger partial charge in [0.25, 0.3) is 0 Å². The summed E-state index contributed by atoms with van der Waals surface area (Å²) in [6, 6.07) is 15.4. The fourth-order valence-corrected chi connectivity index (χ4v) is 3.03. The zero-order valence-corrected chi connectivity index (χ0v) is 12.7. The summed E-state index contributed by atoms with van der Waals surface area (Å²) in [5, 5.41) is 5.90. The van der Waals surface area contributed by atoms with Crippen LogP contribution >= 0.6 is 0 Å². The Labute approximate surface area is 125 Å². The van der Waals surface area contributed by atoms with E-state index in [9.17, 15) is 0 Å². The molecule has 1 atom stereocenters. The lowest BCUT2D eigenvalue weighted by Crippen LogP contribution is -2.19. The molecule has 0 amide bonds. The summed E-state index contributed by atoms with van der Waals surface area (Å²) >= 11 is 0. The van der Waals surface area contributed by atoms with E-state index in [1.807, 2.05) is 19.4 Å². The number of aryl methyl sites for hydroxylation is 2. The number of fused-ring (bicyclic) bond motifs is 1. The predicted octanol–water partition coefficient (Wildman–Crippen LogP) is 4.16. The van der Waals surface area contributed by atoms with Crippen molar-refractivity contribution in [1.82, 2.24) is 10.3 Å². The second-order valence-corrected chi connectivity index (χ2v) is 5.53. The zero-order chi connectivity index (χ0) is 14.8. The number of rotatable bonds is 3. The molecule has 0 saturated carbocycles. The number of benzene rings is 2. The maximum atomic E-state index is 4.22. The second-order valence-electron chi connectivity index (χ2n) is 5.53. The van der Waals surface area contributed by atoms with Gasteiger partial charge in [0, 0.05) is 17.8 Å². The molecule has 0 spiro atoms. The smallest absolute Gasteiger partial charge is 0.0583 e.